The Bertz CT molecular complexity index is 966. The van der Waals surface area contributed by atoms with Gasteiger partial charge in [0.25, 0.3) is 5.56 Å². The fraction of sp³-hybridized carbons (Fsp3) is 0.300. The van der Waals surface area contributed by atoms with Crippen LogP contribution in [0.25, 0.3) is 10.9 Å². The zero-order valence-corrected chi connectivity index (χ0v) is 16.3. The van der Waals surface area contributed by atoms with Crippen LogP contribution < -0.4 is 10.9 Å². The van der Waals surface area contributed by atoms with Crippen LogP contribution in [0.1, 0.15) is 16.9 Å². The molecule has 0 radical (unpaired) electrons. The van der Waals surface area contributed by atoms with Gasteiger partial charge in [-0.25, -0.2) is 0 Å². The first-order chi connectivity index (χ1) is 13.1. The Morgan fingerprint density at radius 2 is 2.15 bits per heavy atom. The molecule has 0 bridgehead atoms. The molecule has 0 unspecified atom stereocenters. The summed E-state index contributed by atoms with van der Waals surface area (Å²) in [6.07, 6.45) is 1.63. The number of methoxy groups -OCH3 is 1. The molecular weight excluding hydrogens is 362 g/mol. The number of nitrogens with zero attached hydrogens (tertiary/aromatic N) is 1. The van der Waals surface area contributed by atoms with Crippen LogP contribution in [0.15, 0.2) is 51.9 Å². The Hall–Kier alpha value is -2.64. The number of thiocarbonyl (C=S) groups is 1. The van der Waals surface area contributed by atoms with Gasteiger partial charge in [0.1, 0.15) is 5.76 Å². The zero-order chi connectivity index (χ0) is 19.2. The summed E-state index contributed by atoms with van der Waals surface area (Å²) in [6, 6.07) is 11.6. The summed E-state index contributed by atoms with van der Waals surface area (Å²) in [6.45, 7) is 4.01. The van der Waals surface area contributed by atoms with Crippen LogP contribution >= 0.6 is 12.2 Å². The highest BCUT2D eigenvalue weighted by molar-refractivity contribution is 7.80. The molecule has 0 aliphatic rings. The van der Waals surface area contributed by atoms with Crippen molar-refractivity contribution < 1.29 is 9.15 Å². The molecule has 7 heteroatoms. The van der Waals surface area contributed by atoms with Gasteiger partial charge in [0.05, 0.1) is 26.0 Å². The number of pyridine rings is 1. The highest BCUT2D eigenvalue weighted by atomic mass is 32.1. The number of H-pyrrole nitrogens is 1. The number of benzene rings is 1. The van der Waals surface area contributed by atoms with Gasteiger partial charge in [-0.1, -0.05) is 11.6 Å². The van der Waals surface area contributed by atoms with Crippen molar-refractivity contribution in [3.63, 3.8) is 0 Å². The molecule has 0 spiro atoms. The quantitative estimate of drug-likeness (QED) is 0.481. The number of aromatic nitrogens is 1. The topological polar surface area (TPSA) is 70.5 Å². The zero-order valence-electron chi connectivity index (χ0n) is 15.5. The van der Waals surface area contributed by atoms with Gasteiger partial charge in [-0.05, 0) is 54.9 Å². The van der Waals surface area contributed by atoms with Crippen LogP contribution in [0.5, 0.6) is 0 Å². The lowest BCUT2D eigenvalue weighted by atomic mass is 10.1. The van der Waals surface area contributed by atoms with Gasteiger partial charge in [0.15, 0.2) is 5.11 Å². The first-order valence-corrected chi connectivity index (χ1v) is 9.14. The second-order valence-corrected chi connectivity index (χ2v) is 6.76. The van der Waals surface area contributed by atoms with Gasteiger partial charge >= 0.3 is 0 Å². The van der Waals surface area contributed by atoms with Gasteiger partial charge in [0, 0.05) is 24.7 Å². The summed E-state index contributed by atoms with van der Waals surface area (Å²) in [5.41, 5.74) is 2.50. The van der Waals surface area contributed by atoms with E-state index >= 15 is 0 Å². The first-order valence-electron chi connectivity index (χ1n) is 8.73. The molecule has 2 N–H and O–H groups in total. The normalized spacial score (nSPS) is 10.9. The Labute approximate surface area is 163 Å². The maximum Gasteiger partial charge on any atom is 0.253 e. The van der Waals surface area contributed by atoms with Crippen molar-refractivity contribution in [2.24, 2.45) is 0 Å². The predicted molar refractivity (Wildman–Crippen MR) is 110 cm³/mol. The van der Waals surface area contributed by atoms with Crippen molar-refractivity contribution in [3.8, 4) is 0 Å². The fourth-order valence-corrected chi connectivity index (χ4v) is 3.09. The molecule has 1 aromatic carbocycles. The minimum atomic E-state index is -0.115. The third-order valence-corrected chi connectivity index (χ3v) is 4.64. The molecule has 0 saturated carbocycles. The standard InChI is InChI=1S/C20H23N3O3S/c1-14-5-6-18-15(10-14)11-16(19(24)22-18)12-23(13-17-4-3-8-26-17)20(27)21-7-9-25-2/h3-6,8,10-11H,7,9,12-13H2,1-2H3,(H,21,27)(H,22,24). The van der Waals surface area contributed by atoms with E-state index in [0.29, 0.717) is 36.9 Å². The number of aryl methyl sites for hydroxylation is 1. The molecule has 0 saturated heterocycles. The fourth-order valence-electron chi connectivity index (χ4n) is 2.86. The van der Waals surface area contributed by atoms with E-state index in [1.54, 1.807) is 13.4 Å². The van der Waals surface area contributed by atoms with E-state index < -0.39 is 0 Å². The molecule has 3 aromatic rings. The van der Waals surface area contributed by atoms with E-state index in [2.05, 4.69) is 16.4 Å². The summed E-state index contributed by atoms with van der Waals surface area (Å²) >= 11 is 5.53. The third kappa shape index (κ3) is 4.96. The van der Waals surface area contributed by atoms with Crippen molar-refractivity contribution in [3.05, 3.63) is 69.9 Å². The minimum Gasteiger partial charge on any atom is -0.467 e. The highest BCUT2D eigenvalue weighted by Crippen LogP contribution is 2.15. The van der Waals surface area contributed by atoms with Crippen LogP contribution in [0.3, 0.4) is 0 Å². The van der Waals surface area contributed by atoms with Crippen LogP contribution in [-0.4, -0.2) is 35.3 Å². The number of ether oxygens (including phenoxy) is 1. The monoisotopic (exact) mass is 385 g/mol. The van der Waals surface area contributed by atoms with Crippen LogP contribution in [0, 0.1) is 6.92 Å². The van der Waals surface area contributed by atoms with Gasteiger partial charge in [-0.2, -0.15) is 0 Å². The van der Waals surface area contributed by atoms with Crippen molar-refractivity contribution in [2.45, 2.75) is 20.0 Å². The van der Waals surface area contributed by atoms with Crippen LogP contribution in [0.4, 0.5) is 0 Å². The number of hydrogen-bond donors (Lipinski definition) is 2. The Morgan fingerprint density at radius 1 is 1.30 bits per heavy atom. The average Bonchev–Trinajstić information content (AvgIpc) is 3.15. The second kappa shape index (κ2) is 8.83. The molecule has 0 amide bonds. The van der Waals surface area contributed by atoms with Crippen LogP contribution in [0.2, 0.25) is 0 Å². The average molecular weight is 385 g/mol. The van der Waals surface area contributed by atoms with Gasteiger partial charge in [-0.3, -0.25) is 4.79 Å². The molecule has 0 aliphatic carbocycles. The van der Waals surface area contributed by atoms with E-state index in [4.69, 9.17) is 21.4 Å². The van der Waals surface area contributed by atoms with Gasteiger partial charge < -0.3 is 24.4 Å². The molecule has 6 nitrogen and oxygen atoms in total. The molecular formula is C20H23N3O3S. The van der Waals surface area contributed by atoms with Crippen molar-refractivity contribution in [2.75, 3.05) is 20.3 Å². The summed E-state index contributed by atoms with van der Waals surface area (Å²) in [7, 11) is 1.64. The van der Waals surface area contributed by atoms with Crippen molar-refractivity contribution >= 4 is 28.2 Å². The lowest BCUT2D eigenvalue weighted by Crippen LogP contribution is -2.41. The molecule has 2 heterocycles. The Morgan fingerprint density at radius 3 is 2.89 bits per heavy atom. The Kier molecular flexibility index (Phi) is 6.26. The van der Waals surface area contributed by atoms with Crippen LogP contribution in [-0.2, 0) is 17.8 Å². The van der Waals surface area contributed by atoms with Gasteiger partial charge in [0.2, 0.25) is 0 Å². The number of rotatable bonds is 7. The molecule has 0 atom stereocenters. The number of aromatic amines is 1. The van der Waals surface area contributed by atoms with E-state index in [1.165, 1.54) is 0 Å². The van der Waals surface area contributed by atoms with E-state index in [1.807, 2.05) is 42.2 Å². The number of fused-ring (bicyclic) bond motifs is 1. The molecule has 142 valence electrons. The van der Waals surface area contributed by atoms with E-state index in [-0.39, 0.29) is 5.56 Å². The minimum absolute atomic E-state index is 0.115. The lowest BCUT2D eigenvalue weighted by molar-refractivity contribution is 0.202. The van der Waals surface area contributed by atoms with Crippen molar-refractivity contribution in [1.29, 1.82) is 0 Å². The van der Waals surface area contributed by atoms with E-state index in [0.717, 1.165) is 22.2 Å². The smallest absolute Gasteiger partial charge is 0.253 e. The predicted octanol–water partition coefficient (Wildman–Crippen LogP) is 2.95. The summed E-state index contributed by atoms with van der Waals surface area (Å²) in [5, 5.41) is 4.71. The van der Waals surface area contributed by atoms with Gasteiger partial charge in [-0.15, -0.1) is 0 Å². The SMILES string of the molecule is COCCNC(=S)N(Cc1ccco1)Cc1cc2cc(C)ccc2[nH]c1=O. The maximum atomic E-state index is 12.5. The molecule has 0 fully saturated rings. The summed E-state index contributed by atoms with van der Waals surface area (Å²) < 4.78 is 10.5. The largest absolute Gasteiger partial charge is 0.467 e. The van der Waals surface area contributed by atoms with Crippen molar-refractivity contribution in [1.82, 2.24) is 15.2 Å². The molecule has 2 aromatic heterocycles. The number of furan rings is 1. The molecule has 3 rings (SSSR count). The summed E-state index contributed by atoms with van der Waals surface area (Å²) in [5.74, 6) is 0.777. The maximum absolute atomic E-state index is 12.5. The lowest BCUT2D eigenvalue weighted by Gasteiger charge is -2.25. The third-order valence-electron chi connectivity index (χ3n) is 4.23. The first kappa shape index (κ1) is 19.1. The number of nitrogens with one attached hydrogen (secondary N) is 2. The number of hydrogen-bond acceptors (Lipinski definition) is 4. The van der Waals surface area contributed by atoms with E-state index in [9.17, 15) is 4.79 Å². The molecule has 27 heavy (non-hydrogen) atoms. The summed E-state index contributed by atoms with van der Waals surface area (Å²) in [4.78, 5) is 17.4. The molecule has 0 aliphatic heterocycles. The Balaban J connectivity index is 1.86. The highest BCUT2D eigenvalue weighted by Gasteiger charge is 2.15. The second-order valence-electron chi connectivity index (χ2n) is 6.37.